The second-order valence-corrected chi connectivity index (χ2v) is 8.58. The second-order valence-electron chi connectivity index (χ2n) is 6.39. The van der Waals surface area contributed by atoms with Crippen LogP contribution in [0, 0.1) is 32.1 Å². The number of nitriles is 1. The van der Waals surface area contributed by atoms with Gasteiger partial charge in [-0.25, -0.2) is 9.97 Å². The van der Waals surface area contributed by atoms with E-state index >= 15 is 0 Å². The summed E-state index contributed by atoms with van der Waals surface area (Å²) in [5.74, 6) is -0.166. The number of thiazole rings is 1. The Morgan fingerprint density at radius 2 is 1.89 bits per heavy atom. The fourth-order valence-electron chi connectivity index (χ4n) is 2.63. The van der Waals surface area contributed by atoms with Crippen LogP contribution in [-0.4, -0.2) is 21.1 Å². The number of amides is 1. The molecule has 1 aromatic carbocycles. The first-order chi connectivity index (χ1) is 13.4. The number of nitrogens with zero attached hydrogens (tertiary/aromatic N) is 3. The Hall–Kier alpha value is -2.69. The average Bonchev–Trinajstić information content (AvgIpc) is 3.15. The summed E-state index contributed by atoms with van der Waals surface area (Å²) < 4.78 is 0. The maximum atomic E-state index is 12.6. The molecule has 1 amide bonds. The minimum absolute atomic E-state index is 0.166. The van der Waals surface area contributed by atoms with Gasteiger partial charge in [-0.05, 0) is 38.8 Å². The Morgan fingerprint density at radius 1 is 1.18 bits per heavy atom. The van der Waals surface area contributed by atoms with E-state index in [1.54, 1.807) is 6.92 Å². The van der Waals surface area contributed by atoms with Crippen molar-refractivity contribution in [2.24, 2.45) is 0 Å². The SMILES string of the molecule is Cc1nc(S[C@H](C)C(=O)Nc2nc(-c3ccccc3)cs2)c(C#N)c(C)c1C. The van der Waals surface area contributed by atoms with Crippen molar-refractivity contribution in [2.45, 2.75) is 38.0 Å². The van der Waals surface area contributed by atoms with E-state index in [0.29, 0.717) is 15.7 Å². The molecule has 0 aliphatic heterocycles. The standard InChI is InChI=1S/C21H20N4OS2/c1-12-13(2)17(10-22)20(23-14(12)3)28-15(4)19(26)25-21-24-18(11-27-21)16-8-6-5-7-9-16/h5-9,11,15H,1-4H3,(H,24,25,26)/t15-/m1/s1. The molecule has 0 unspecified atom stereocenters. The molecular weight excluding hydrogens is 388 g/mol. The third kappa shape index (κ3) is 4.24. The van der Waals surface area contributed by atoms with E-state index in [1.807, 2.05) is 56.5 Å². The van der Waals surface area contributed by atoms with Gasteiger partial charge in [-0.1, -0.05) is 42.1 Å². The van der Waals surface area contributed by atoms with Crippen LogP contribution in [0.25, 0.3) is 11.3 Å². The molecule has 7 heteroatoms. The summed E-state index contributed by atoms with van der Waals surface area (Å²) in [6.45, 7) is 7.59. The number of aromatic nitrogens is 2. The zero-order chi connectivity index (χ0) is 20.3. The van der Waals surface area contributed by atoms with Gasteiger partial charge in [-0.2, -0.15) is 5.26 Å². The fraction of sp³-hybridized carbons (Fsp3) is 0.238. The molecule has 1 atom stereocenters. The van der Waals surface area contributed by atoms with Crippen LogP contribution < -0.4 is 5.32 Å². The van der Waals surface area contributed by atoms with E-state index in [4.69, 9.17) is 0 Å². The molecule has 0 saturated heterocycles. The average molecular weight is 409 g/mol. The number of benzene rings is 1. The highest BCUT2D eigenvalue weighted by atomic mass is 32.2. The van der Waals surface area contributed by atoms with Crippen LogP contribution in [0.1, 0.15) is 29.3 Å². The number of carbonyl (C=O) groups excluding carboxylic acids is 1. The van der Waals surface area contributed by atoms with Crippen LogP contribution >= 0.6 is 23.1 Å². The van der Waals surface area contributed by atoms with Gasteiger partial charge >= 0.3 is 0 Å². The van der Waals surface area contributed by atoms with E-state index in [9.17, 15) is 10.1 Å². The Morgan fingerprint density at radius 3 is 2.57 bits per heavy atom. The highest BCUT2D eigenvalue weighted by Crippen LogP contribution is 2.30. The van der Waals surface area contributed by atoms with E-state index in [1.165, 1.54) is 23.1 Å². The first-order valence-corrected chi connectivity index (χ1v) is 10.5. The van der Waals surface area contributed by atoms with Gasteiger partial charge in [-0.3, -0.25) is 4.79 Å². The van der Waals surface area contributed by atoms with Gasteiger partial charge in [-0.15, -0.1) is 11.3 Å². The van der Waals surface area contributed by atoms with Crippen molar-refractivity contribution in [3.05, 3.63) is 58.1 Å². The smallest absolute Gasteiger partial charge is 0.239 e. The number of hydrogen-bond donors (Lipinski definition) is 1. The lowest BCUT2D eigenvalue weighted by molar-refractivity contribution is -0.115. The summed E-state index contributed by atoms with van der Waals surface area (Å²) in [4.78, 5) is 21.6. The molecule has 2 aromatic heterocycles. The monoisotopic (exact) mass is 408 g/mol. The summed E-state index contributed by atoms with van der Waals surface area (Å²) in [6.07, 6.45) is 0. The summed E-state index contributed by atoms with van der Waals surface area (Å²) in [6, 6.07) is 12.1. The van der Waals surface area contributed by atoms with Crippen molar-refractivity contribution < 1.29 is 4.79 Å². The molecule has 0 saturated carbocycles. The molecule has 0 bridgehead atoms. The normalized spacial score (nSPS) is 11.7. The van der Waals surface area contributed by atoms with Gasteiger partial charge in [0.1, 0.15) is 11.1 Å². The molecular formula is C21H20N4OS2. The molecule has 3 rings (SSSR count). The van der Waals surface area contributed by atoms with Gasteiger partial charge in [0.05, 0.1) is 16.5 Å². The highest BCUT2D eigenvalue weighted by molar-refractivity contribution is 8.00. The van der Waals surface area contributed by atoms with E-state index in [-0.39, 0.29) is 5.91 Å². The lowest BCUT2D eigenvalue weighted by Crippen LogP contribution is -2.22. The van der Waals surface area contributed by atoms with Crippen LogP contribution in [0.15, 0.2) is 40.7 Å². The Bertz CT molecular complexity index is 1050. The van der Waals surface area contributed by atoms with Gasteiger partial charge in [0.25, 0.3) is 0 Å². The molecule has 0 aliphatic carbocycles. The third-order valence-corrected chi connectivity index (χ3v) is 6.38. The number of anilines is 1. The van der Waals surface area contributed by atoms with Gasteiger partial charge < -0.3 is 5.32 Å². The van der Waals surface area contributed by atoms with Crippen molar-refractivity contribution in [1.82, 2.24) is 9.97 Å². The second kappa shape index (κ2) is 8.55. The first kappa shape index (κ1) is 20.1. The number of aryl methyl sites for hydroxylation is 1. The Labute approximate surface area is 172 Å². The van der Waals surface area contributed by atoms with Gasteiger partial charge in [0, 0.05) is 16.6 Å². The van der Waals surface area contributed by atoms with Crippen LogP contribution in [0.2, 0.25) is 0 Å². The van der Waals surface area contributed by atoms with Gasteiger partial charge in [0.2, 0.25) is 5.91 Å². The summed E-state index contributed by atoms with van der Waals surface area (Å²) in [5, 5.41) is 15.0. The molecule has 2 heterocycles. The number of rotatable bonds is 5. The molecule has 142 valence electrons. The first-order valence-electron chi connectivity index (χ1n) is 8.77. The van der Waals surface area contributed by atoms with Crippen molar-refractivity contribution in [3.63, 3.8) is 0 Å². The van der Waals surface area contributed by atoms with Crippen LogP contribution in [0.4, 0.5) is 5.13 Å². The lowest BCUT2D eigenvalue weighted by Gasteiger charge is -2.14. The topological polar surface area (TPSA) is 78.7 Å². The number of pyridine rings is 1. The zero-order valence-corrected chi connectivity index (χ0v) is 17.7. The molecule has 1 N–H and O–H groups in total. The maximum absolute atomic E-state index is 12.6. The zero-order valence-electron chi connectivity index (χ0n) is 16.1. The fourth-order valence-corrected chi connectivity index (χ4v) is 4.36. The van der Waals surface area contributed by atoms with Crippen LogP contribution in [-0.2, 0) is 4.79 Å². The molecule has 0 fully saturated rings. The van der Waals surface area contributed by atoms with E-state index in [0.717, 1.165) is 28.1 Å². The van der Waals surface area contributed by atoms with E-state index in [2.05, 4.69) is 21.4 Å². The maximum Gasteiger partial charge on any atom is 0.239 e. The molecule has 0 aliphatic rings. The van der Waals surface area contributed by atoms with Crippen molar-refractivity contribution in [3.8, 4) is 17.3 Å². The van der Waals surface area contributed by atoms with Gasteiger partial charge in [0.15, 0.2) is 5.13 Å². The van der Waals surface area contributed by atoms with Crippen LogP contribution in [0.5, 0.6) is 0 Å². The predicted molar refractivity (Wildman–Crippen MR) is 115 cm³/mol. The number of hydrogen-bond acceptors (Lipinski definition) is 6. The minimum Gasteiger partial charge on any atom is -0.301 e. The largest absolute Gasteiger partial charge is 0.301 e. The molecule has 3 aromatic rings. The molecule has 0 spiro atoms. The quantitative estimate of drug-likeness (QED) is 0.593. The predicted octanol–water partition coefficient (Wildman–Crippen LogP) is 5.12. The molecule has 5 nitrogen and oxygen atoms in total. The number of carbonyl (C=O) groups is 1. The Kier molecular flexibility index (Phi) is 6.12. The summed E-state index contributed by atoms with van der Waals surface area (Å²) in [5.41, 5.74) is 5.17. The lowest BCUT2D eigenvalue weighted by atomic mass is 10.1. The highest BCUT2D eigenvalue weighted by Gasteiger charge is 2.21. The summed E-state index contributed by atoms with van der Waals surface area (Å²) in [7, 11) is 0. The van der Waals surface area contributed by atoms with Crippen molar-refractivity contribution in [2.75, 3.05) is 5.32 Å². The van der Waals surface area contributed by atoms with Crippen molar-refractivity contribution >= 4 is 34.1 Å². The number of thioether (sulfide) groups is 1. The summed E-state index contributed by atoms with van der Waals surface area (Å²) >= 11 is 2.68. The number of nitrogens with one attached hydrogen (secondary N) is 1. The van der Waals surface area contributed by atoms with Crippen molar-refractivity contribution in [1.29, 1.82) is 5.26 Å². The molecule has 28 heavy (non-hydrogen) atoms. The van der Waals surface area contributed by atoms with Crippen LogP contribution in [0.3, 0.4) is 0 Å². The minimum atomic E-state index is -0.412. The third-order valence-electron chi connectivity index (χ3n) is 4.54. The molecule has 0 radical (unpaired) electrons. The Balaban J connectivity index is 1.73. The van der Waals surface area contributed by atoms with E-state index < -0.39 is 5.25 Å².